The highest BCUT2D eigenvalue weighted by molar-refractivity contribution is 5.42. The Hall–Kier alpha value is -1.64. The van der Waals surface area contributed by atoms with E-state index in [0.717, 1.165) is 31.4 Å². The van der Waals surface area contributed by atoms with Gasteiger partial charge in [0, 0.05) is 19.7 Å². The summed E-state index contributed by atoms with van der Waals surface area (Å²) >= 11 is 0. The standard InChI is InChI=1S/C15H19N3O2/c16-8-13-2-1-3-15(17-13)18-6-7-20-14(9-18)11-19-10-12-4-5-12/h1-3,12,14H,4-7,9-11H2. The van der Waals surface area contributed by atoms with Crippen molar-refractivity contribution in [1.82, 2.24) is 4.98 Å². The van der Waals surface area contributed by atoms with E-state index < -0.39 is 0 Å². The van der Waals surface area contributed by atoms with Gasteiger partial charge in [0.05, 0.1) is 19.3 Å². The van der Waals surface area contributed by atoms with Crippen LogP contribution in [0.2, 0.25) is 0 Å². The molecule has 5 nitrogen and oxygen atoms in total. The molecular formula is C15H19N3O2. The lowest BCUT2D eigenvalue weighted by Crippen LogP contribution is -2.45. The zero-order chi connectivity index (χ0) is 13.8. The van der Waals surface area contributed by atoms with E-state index in [2.05, 4.69) is 16.0 Å². The van der Waals surface area contributed by atoms with Gasteiger partial charge >= 0.3 is 0 Å². The Labute approximate surface area is 119 Å². The lowest BCUT2D eigenvalue weighted by atomic mass is 10.2. The van der Waals surface area contributed by atoms with Crippen LogP contribution in [0, 0.1) is 17.2 Å². The molecule has 1 aromatic heterocycles. The minimum atomic E-state index is 0.0926. The summed E-state index contributed by atoms with van der Waals surface area (Å²) in [5, 5.41) is 8.91. The van der Waals surface area contributed by atoms with E-state index in [1.807, 2.05) is 12.1 Å². The Morgan fingerprint density at radius 1 is 1.40 bits per heavy atom. The molecule has 1 atom stereocenters. The van der Waals surface area contributed by atoms with Crippen molar-refractivity contribution in [3.8, 4) is 6.07 Å². The van der Waals surface area contributed by atoms with Gasteiger partial charge in [0.15, 0.2) is 0 Å². The highest BCUT2D eigenvalue weighted by Crippen LogP contribution is 2.28. The minimum Gasteiger partial charge on any atom is -0.378 e. The van der Waals surface area contributed by atoms with Crippen LogP contribution in [0.15, 0.2) is 18.2 Å². The number of rotatable bonds is 5. The molecule has 0 aromatic carbocycles. The summed E-state index contributed by atoms with van der Waals surface area (Å²) in [5.41, 5.74) is 0.454. The number of morpholine rings is 1. The third kappa shape index (κ3) is 3.47. The average molecular weight is 273 g/mol. The largest absolute Gasteiger partial charge is 0.378 e. The van der Waals surface area contributed by atoms with Crippen LogP contribution >= 0.6 is 0 Å². The van der Waals surface area contributed by atoms with Crippen molar-refractivity contribution in [1.29, 1.82) is 5.26 Å². The van der Waals surface area contributed by atoms with Gasteiger partial charge in [-0.1, -0.05) is 6.07 Å². The molecule has 1 aliphatic heterocycles. The molecular weight excluding hydrogens is 254 g/mol. The van der Waals surface area contributed by atoms with Crippen LogP contribution in [0.25, 0.3) is 0 Å². The molecule has 2 fully saturated rings. The van der Waals surface area contributed by atoms with Crippen LogP contribution in [0.3, 0.4) is 0 Å². The van der Waals surface area contributed by atoms with Crippen molar-refractivity contribution in [2.24, 2.45) is 5.92 Å². The molecule has 3 rings (SSSR count). The van der Waals surface area contributed by atoms with Crippen LogP contribution in [0.5, 0.6) is 0 Å². The molecule has 2 aliphatic rings. The lowest BCUT2D eigenvalue weighted by molar-refractivity contribution is -0.0259. The van der Waals surface area contributed by atoms with Crippen LogP contribution in [0.4, 0.5) is 5.82 Å². The SMILES string of the molecule is N#Cc1cccc(N2CCOC(COCC3CC3)C2)n1. The Morgan fingerprint density at radius 2 is 2.30 bits per heavy atom. The van der Waals surface area contributed by atoms with Gasteiger partial charge in [0.1, 0.15) is 17.6 Å². The molecule has 20 heavy (non-hydrogen) atoms. The zero-order valence-electron chi connectivity index (χ0n) is 11.5. The fourth-order valence-corrected chi connectivity index (χ4v) is 2.34. The Balaban J connectivity index is 1.54. The number of anilines is 1. The van der Waals surface area contributed by atoms with Crippen molar-refractivity contribution in [3.05, 3.63) is 23.9 Å². The zero-order valence-corrected chi connectivity index (χ0v) is 11.5. The maximum atomic E-state index is 8.91. The number of hydrogen-bond donors (Lipinski definition) is 0. The summed E-state index contributed by atoms with van der Waals surface area (Å²) in [4.78, 5) is 6.50. The first-order chi connectivity index (χ1) is 9.85. The molecule has 0 N–H and O–H groups in total. The normalized spacial score (nSPS) is 22.6. The van der Waals surface area contributed by atoms with Gasteiger partial charge in [-0.15, -0.1) is 0 Å². The minimum absolute atomic E-state index is 0.0926. The van der Waals surface area contributed by atoms with E-state index in [1.54, 1.807) is 6.07 Å². The molecule has 0 radical (unpaired) electrons. The average Bonchev–Trinajstić information content (AvgIpc) is 3.32. The molecule has 1 unspecified atom stereocenters. The molecule has 106 valence electrons. The molecule has 0 bridgehead atoms. The Kier molecular flexibility index (Phi) is 4.14. The molecule has 5 heteroatoms. The molecule has 2 heterocycles. The highest BCUT2D eigenvalue weighted by Gasteiger charge is 2.24. The first-order valence-corrected chi connectivity index (χ1v) is 7.16. The van der Waals surface area contributed by atoms with Crippen LogP contribution in [-0.4, -0.2) is 44.0 Å². The van der Waals surface area contributed by atoms with Gasteiger partial charge in [-0.25, -0.2) is 4.98 Å². The van der Waals surface area contributed by atoms with E-state index in [0.29, 0.717) is 18.9 Å². The number of nitrogens with zero attached hydrogens (tertiary/aromatic N) is 3. The molecule has 1 aliphatic carbocycles. The summed E-state index contributed by atoms with van der Waals surface area (Å²) in [6.45, 7) is 3.76. The number of ether oxygens (including phenoxy) is 2. The summed E-state index contributed by atoms with van der Waals surface area (Å²) in [5.74, 6) is 1.63. The van der Waals surface area contributed by atoms with E-state index >= 15 is 0 Å². The fourth-order valence-electron chi connectivity index (χ4n) is 2.34. The van der Waals surface area contributed by atoms with E-state index in [-0.39, 0.29) is 6.10 Å². The van der Waals surface area contributed by atoms with Crippen LogP contribution in [0.1, 0.15) is 18.5 Å². The maximum absolute atomic E-state index is 8.91. The molecule has 0 amide bonds. The Bertz CT molecular complexity index is 496. The van der Waals surface area contributed by atoms with Crippen LogP contribution < -0.4 is 4.90 Å². The van der Waals surface area contributed by atoms with Crippen molar-refractivity contribution in [3.63, 3.8) is 0 Å². The molecule has 1 saturated carbocycles. The summed E-state index contributed by atoms with van der Waals surface area (Å²) < 4.78 is 11.4. The number of aromatic nitrogens is 1. The second-order valence-corrected chi connectivity index (χ2v) is 5.41. The molecule has 1 aromatic rings. The van der Waals surface area contributed by atoms with Crippen molar-refractivity contribution >= 4 is 5.82 Å². The van der Waals surface area contributed by atoms with Gasteiger partial charge < -0.3 is 14.4 Å². The predicted molar refractivity (Wildman–Crippen MR) is 74.4 cm³/mol. The number of pyridine rings is 1. The fraction of sp³-hybridized carbons (Fsp3) is 0.600. The second-order valence-electron chi connectivity index (χ2n) is 5.41. The van der Waals surface area contributed by atoms with Crippen molar-refractivity contribution < 1.29 is 9.47 Å². The number of nitriles is 1. The summed E-state index contributed by atoms with van der Waals surface area (Å²) in [7, 11) is 0. The first kappa shape index (κ1) is 13.3. The lowest BCUT2D eigenvalue weighted by Gasteiger charge is -2.33. The van der Waals surface area contributed by atoms with Crippen molar-refractivity contribution in [2.75, 3.05) is 37.8 Å². The van der Waals surface area contributed by atoms with Gasteiger partial charge in [-0.05, 0) is 30.9 Å². The van der Waals surface area contributed by atoms with E-state index in [9.17, 15) is 0 Å². The van der Waals surface area contributed by atoms with Gasteiger partial charge in [-0.2, -0.15) is 5.26 Å². The van der Waals surface area contributed by atoms with Gasteiger partial charge in [-0.3, -0.25) is 0 Å². The third-order valence-corrected chi connectivity index (χ3v) is 3.67. The van der Waals surface area contributed by atoms with Gasteiger partial charge in [0.25, 0.3) is 0 Å². The topological polar surface area (TPSA) is 58.4 Å². The van der Waals surface area contributed by atoms with Crippen molar-refractivity contribution in [2.45, 2.75) is 18.9 Å². The van der Waals surface area contributed by atoms with E-state index in [4.69, 9.17) is 14.7 Å². The third-order valence-electron chi connectivity index (χ3n) is 3.67. The quantitative estimate of drug-likeness (QED) is 0.815. The summed E-state index contributed by atoms with van der Waals surface area (Å²) in [6, 6.07) is 7.61. The molecule has 1 saturated heterocycles. The second kappa shape index (κ2) is 6.21. The first-order valence-electron chi connectivity index (χ1n) is 7.16. The number of hydrogen-bond acceptors (Lipinski definition) is 5. The Morgan fingerprint density at radius 3 is 3.10 bits per heavy atom. The maximum Gasteiger partial charge on any atom is 0.142 e. The molecule has 0 spiro atoms. The summed E-state index contributed by atoms with van der Waals surface area (Å²) in [6.07, 6.45) is 2.71. The van der Waals surface area contributed by atoms with Gasteiger partial charge in [0.2, 0.25) is 0 Å². The highest BCUT2D eigenvalue weighted by atomic mass is 16.5. The van der Waals surface area contributed by atoms with Crippen LogP contribution in [-0.2, 0) is 9.47 Å². The van der Waals surface area contributed by atoms with E-state index in [1.165, 1.54) is 12.8 Å². The predicted octanol–water partition coefficient (Wildman–Crippen LogP) is 1.59. The smallest absolute Gasteiger partial charge is 0.142 e. The monoisotopic (exact) mass is 273 g/mol.